The largest absolute Gasteiger partial charge is 0.480 e. The number of carbonyl (C=O) groups is 1. The summed E-state index contributed by atoms with van der Waals surface area (Å²) >= 11 is 1.54. The van der Waals surface area contributed by atoms with Crippen molar-refractivity contribution in [3.63, 3.8) is 0 Å². The Morgan fingerprint density at radius 2 is 2.00 bits per heavy atom. The third-order valence-electron chi connectivity index (χ3n) is 2.59. The van der Waals surface area contributed by atoms with E-state index in [0.29, 0.717) is 12.2 Å². The van der Waals surface area contributed by atoms with Gasteiger partial charge < -0.3 is 10.4 Å². The minimum Gasteiger partial charge on any atom is -0.480 e. The molecule has 0 aliphatic rings. The fourth-order valence-corrected chi connectivity index (χ4v) is 3.41. The number of likely N-dealkylation sites (N-methyl/N-ethyl adjacent to an activating group) is 1. The maximum atomic E-state index is 11.0. The van der Waals surface area contributed by atoms with Crippen LogP contribution in [0.4, 0.5) is 0 Å². The van der Waals surface area contributed by atoms with Crippen LogP contribution in [-0.4, -0.2) is 55.6 Å². The fraction of sp³-hybridized carbons (Fsp3) is 0.900. The summed E-state index contributed by atoms with van der Waals surface area (Å²) in [6, 6.07) is 0. The molecule has 17 heavy (non-hydrogen) atoms. The summed E-state index contributed by atoms with van der Waals surface area (Å²) in [6.45, 7) is 1.65. The van der Waals surface area contributed by atoms with E-state index in [-0.39, 0.29) is 5.75 Å². The van der Waals surface area contributed by atoms with E-state index in [9.17, 15) is 13.2 Å². The van der Waals surface area contributed by atoms with Crippen molar-refractivity contribution < 1.29 is 18.3 Å². The Kier molecular flexibility index (Phi) is 7.11. The van der Waals surface area contributed by atoms with Crippen molar-refractivity contribution in [2.24, 2.45) is 0 Å². The monoisotopic (exact) mass is 283 g/mol. The first kappa shape index (κ1) is 16.7. The molecule has 0 heterocycles. The van der Waals surface area contributed by atoms with Gasteiger partial charge in [0.1, 0.15) is 15.4 Å². The van der Waals surface area contributed by atoms with E-state index in [4.69, 9.17) is 5.11 Å². The highest BCUT2D eigenvalue weighted by Crippen LogP contribution is 2.15. The smallest absolute Gasteiger partial charge is 0.323 e. The molecule has 102 valence electrons. The Morgan fingerprint density at radius 3 is 2.41 bits per heavy atom. The van der Waals surface area contributed by atoms with Gasteiger partial charge in [0.25, 0.3) is 0 Å². The average Bonchev–Trinajstić information content (AvgIpc) is 2.21. The summed E-state index contributed by atoms with van der Waals surface area (Å²) in [5.74, 6) is 0.670. The molecule has 0 radical (unpaired) electrons. The summed E-state index contributed by atoms with van der Waals surface area (Å²) in [5, 5.41) is 11.8. The van der Waals surface area contributed by atoms with E-state index >= 15 is 0 Å². The number of hydrogen-bond acceptors (Lipinski definition) is 5. The molecule has 2 N–H and O–H groups in total. The van der Waals surface area contributed by atoms with E-state index in [2.05, 4.69) is 5.32 Å². The molecule has 0 fully saturated rings. The topological polar surface area (TPSA) is 83.5 Å². The number of rotatable bonds is 9. The van der Waals surface area contributed by atoms with Gasteiger partial charge in [-0.1, -0.05) is 0 Å². The van der Waals surface area contributed by atoms with Crippen molar-refractivity contribution in [2.75, 3.05) is 30.6 Å². The molecule has 0 aromatic carbocycles. The Labute approximate surface area is 107 Å². The number of thioether (sulfide) groups is 1. The van der Waals surface area contributed by atoms with Crippen LogP contribution in [0.3, 0.4) is 0 Å². The summed E-state index contributed by atoms with van der Waals surface area (Å²) in [6.07, 6.45) is 2.50. The third kappa shape index (κ3) is 7.62. The second-order valence-corrected chi connectivity index (χ2v) is 7.72. The summed E-state index contributed by atoms with van der Waals surface area (Å²) in [5.41, 5.74) is -0.891. The lowest BCUT2D eigenvalue weighted by atomic mass is 9.97. The van der Waals surface area contributed by atoms with Crippen LogP contribution in [0.25, 0.3) is 0 Å². The maximum absolute atomic E-state index is 11.0. The first-order valence-electron chi connectivity index (χ1n) is 5.39. The van der Waals surface area contributed by atoms with Gasteiger partial charge in [0.2, 0.25) is 0 Å². The van der Waals surface area contributed by atoms with E-state index in [1.807, 2.05) is 0 Å². The molecule has 0 amide bonds. The number of sulfone groups is 1. The predicted octanol–water partition coefficient (Wildman–Crippen LogP) is 0.607. The molecule has 1 atom stereocenters. The van der Waals surface area contributed by atoms with Crippen LogP contribution < -0.4 is 5.32 Å². The van der Waals surface area contributed by atoms with Crippen LogP contribution in [0.15, 0.2) is 0 Å². The van der Waals surface area contributed by atoms with E-state index in [0.717, 1.165) is 12.2 Å². The highest BCUT2D eigenvalue weighted by Gasteiger charge is 2.29. The van der Waals surface area contributed by atoms with Crippen LogP contribution in [-0.2, 0) is 14.6 Å². The summed E-state index contributed by atoms with van der Waals surface area (Å²) in [7, 11) is -1.26. The molecule has 5 nitrogen and oxygen atoms in total. The predicted molar refractivity (Wildman–Crippen MR) is 71.4 cm³/mol. The Morgan fingerprint density at radius 1 is 1.41 bits per heavy atom. The Hall–Kier alpha value is -0.270. The number of nitrogens with one attached hydrogen (secondary N) is 1. The van der Waals surface area contributed by atoms with Crippen LogP contribution in [0.1, 0.15) is 19.8 Å². The highest BCUT2D eigenvalue weighted by atomic mass is 32.2. The van der Waals surface area contributed by atoms with Gasteiger partial charge in [0, 0.05) is 12.0 Å². The second-order valence-electron chi connectivity index (χ2n) is 4.23. The van der Waals surface area contributed by atoms with E-state index in [1.165, 1.54) is 6.26 Å². The first-order valence-corrected chi connectivity index (χ1v) is 8.60. The van der Waals surface area contributed by atoms with E-state index in [1.54, 1.807) is 25.7 Å². The molecule has 7 heteroatoms. The van der Waals surface area contributed by atoms with Crippen molar-refractivity contribution in [2.45, 2.75) is 25.3 Å². The van der Waals surface area contributed by atoms with Crippen molar-refractivity contribution in [1.82, 2.24) is 5.32 Å². The molecule has 0 saturated heterocycles. The fourth-order valence-electron chi connectivity index (χ4n) is 1.18. The van der Waals surface area contributed by atoms with Gasteiger partial charge in [0.05, 0.1) is 5.75 Å². The quantitative estimate of drug-likeness (QED) is 0.603. The number of carboxylic acid groups (broad SMARTS) is 1. The second kappa shape index (κ2) is 7.23. The van der Waals surface area contributed by atoms with Crippen molar-refractivity contribution >= 4 is 27.6 Å². The first-order chi connectivity index (χ1) is 7.71. The lowest BCUT2D eigenvalue weighted by molar-refractivity contribution is -0.144. The number of hydrogen-bond donors (Lipinski definition) is 2. The van der Waals surface area contributed by atoms with Gasteiger partial charge in [-0.15, -0.1) is 0 Å². The highest BCUT2D eigenvalue weighted by molar-refractivity contribution is 8.00. The van der Waals surface area contributed by atoms with Crippen molar-refractivity contribution in [3.8, 4) is 0 Å². The minimum absolute atomic E-state index is 0.180. The van der Waals surface area contributed by atoms with E-state index < -0.39 is 21.3 Å². The molecule has 0 aliphatic heterocycles. The summed E-state index contributed by atoms with van der Waals surface area (Å²) < 4.78 is 21.7. The molecule has 0 spiro atoms. The minimum atomic E-state index is -2.89. The molecular weight excluding hydrogens is 262 g/mol. The standard InChI is InChI=1S/C10H21NO4S2/c1-10(11-2,9(12)13)5-4-6-16-7-8-17(3,14)15/h11H,4-8H2,1-3H3,(H,12,13). The van der Waals surface area contributed by atoms with Crippen LogP contribution in [0, 0.1) is 0 Å². The number of aliphatic carboxylic acids is 1. The number of carboxylic acids is 1. The van der Waals surface area contributed by atoms with Gasteiger partial charge in [-0.2, -0.15) is 11.8 Å². The lowest BCUT2D eigenvalue weighted by Gasteiger charge is -2.23. The maximum Gasteiger partial charge on any atom is 0.323 e. The molecule has 0 saturated carbocycles. The molecule has 0 aromatic heterocycles. The van der Waals surface area contributed by atoms with Gasteiger partial charge >= 0.3 is 5.97 Å². The van der Waals surface area contributed by atoms with Gasteiger partial charge in [0.15, 0.2) is 0 Å². The molecule has 0 aliphatic carbocycles. The third-order valence-corrected chi connectivity index (χ3v) is 4.86. The molecule has 0 aromatic rings. The van der Waals surface area contributed by atoms with Gasteiger partial charge in [-0.25, -0.2) is 8.42 Å². The zero-order valence-corrected chi connectivity index (χ0v) is 12.2. The zero-order chi connectivity index (χ0) is 13.5. The molecule has 0 rings (SSSR count). The van der Waals surface area contributed by atoms with Crippen molar-refractivity contribution in [3.05, 3.63) is 0 Å². The SMILES string of the molecule is CNC(C)(CCCSCCS(C)(=O)=O)C(=O)O. The summed E-state index contributed by atoms with van der Waals surface area (Å²) in [4.78, 5) is 11.0. The van der Waals surface area contributed by atoms with Crippen LogP contribution in [0.5, 0.6) is 0 Å². The molecule has 0 bridgehead atoms. The van der Waals surface area contributed by atoms with Crippen molar-refractivity contribution in [1.29, 1.82) is 0 Å². The molecule has 1 unspecified atom stereocenters. The zero-order valence-electron chi connectivity index (χ0n) is 10.5. The normalized spacial score (nSPS) is 15.5. The average molecular weight is 283 g/mol. The Balaban J connectivity index is 3.74. The van der Waals surface area contributed by atoms with Crippen LogP contribution in [0.2, 0.25) is 0 Å². The Bertz CT molecular complexity index is 342. The van der Waals surface area contributed by atoms with Gasteiger partial charge in [-0.3, -0.25) is 4.79 Å². The van der Waals surface area contributed by atoms with Gasteiger partial charge in [-0.05, 0) is 32.6 Å². The molecular formula is C10H21NO4S2. The van der Waals surface area contributed by atoms with Crippen LogP contribution >= 0.6 is 11.8 Å². The lowest BCUT2D eigenvalue weighted by Crippen LogP contribution is -2.47.